The number of aromatic nitrogens is 2. The lowest BCUT2D eigenvalue weighted by atomic mass is 10.2. The number of aryl methyl sites for hydroxylation is 2. The number of aromatic carboxylic acids is 1. The quantitative estimate of drug-likeness (QED) is 0.872. The monoisotopic (exact) mass is 295 g/mol. The molecule has 2 rings (SSSR count). The summed E-state index contributed by atoms with van der Waals surface area (Å²) in [6.07, 6.45) is 0.520. The molecule has 2 aromatic heterocycles. The molecule has 2 heterocycles. The number of anilines is 1. The van der Waals surface area contributed by atoms with E-state index in [-0.39, 0.29) is 22.9 Å². The normalized spacial score (nSPS) is 10.5. The zero-order chi connectivity index (χ0) is 14.7. The van der Waals surface area contributed by atoms with Crippen molar-refractivity contribution in [2.45, 2.75) is 26.7 Å². The fraction of sp³-hybridized carbons (Fsp3) is 0.333. The average Bonchev–Trinajstić information content (AvgIpc) is 2.95. The van der Waals surface area contributed by atoms with Crippen LogP contribution in [0.1, 0.15) is 33.0 Å². The number of carbonyl (C=O) groups excluding carboxylic acids is 1. The second-order valence-corrected chi connectivity index (χ2v) is 5.18. The lowest BCUT2D eigenvalue weighted by molar-refractivity contribution is -0.115. The molecule has 0 saturated carbocycles. The Bertz CT molecular complexity index is 647. The van der Waals surface area contributed by atoms with E-state index < -0.39 is 11.9 Å². The molecule has 0 atom stereocenters. The van der Waals surface area contributed by atoms with E-state index in [9.17, 15) is 9.59 Å². The predicted octanol–water partition coefficient (Wildman–Crippen LogP) is 1.88. The highest BCUT2D eigenvalue weighted by Crippen LogP contribution is 2.20. The van der Waals surface area contributed by atoms with Crippen molar-refractivity contribution >= 4 is 29.1 Å². The Balaban J connectivity index is 2.10. The Morgan fingerprint density at radius 2 is 2.25 bits per heavy atom. The molecule has 20 heavy (non-hydrogen) atoms. The van der Waals surface area contributed by atoms with Gasteiger partial charge < -0.3 is 9.63 Å². The largest absolute Gasteiger partial charge is 0.477 e. The van der Waals surface area contributed by atoms with Crippen LogP contribution in [0.4, 0.5) is 5.88 Å². The minimum atomic E-state index is -1.07. The second-order valence-electron chi connectivity index (χ2n) is 4.10. The lowest BCUT2D eigenvalue weighted by Crippen LogP contribution is -2.15. The molecular weight excluding hydrogens is 282 g/mol. The smallest absolute Gasteiger partial charge is 0.347 e. The summed E-state index contributed by atoms with van der Waals surface area (Å²) < 4.78 is 4.86. The number of amides is 1. The number of carboxylic acids is 1. The van der Waals surface area contributed by atoms with Gasteiger partial charge in [-0.25, -0.2) is 9.78 Å². The molecule has 0 saturated heterocycles. The zero-order valence-corrected chi connectivity index (χ0v) is 11.8. The van der Waals surface area contributed by atoms with E-state index in [0.717, 1.165) is 11.3 Å². The predicted molar refractivity (Wildman–Crippen MR) is 72.0 cm³/mol. The van der Waals surface area contributed by atoms with Crippen molar-refractivity contribution in [2.75, 3.05) is 5.32 Å². The highest BCUT2D eigenvalue weighted by atomic mass is 32.1. The van der Waals surface area contributed by atoms with E-state index in [1.165, 1.54) is 0 Å². The highest BCUT2D eigenvalue weighted by Gasteiger charge is 2.19. The summed E-state index contributed by atoms with van der Waals surface area (Å²) in [6.45, 7) is 3.61. The van der Waals surface area contributed by atoms with Crippen LogP contribution in [0.25, 0.3) is 0 Å². The Kier molecular flexibility index (Phi) is 4.14. The van der Waals surface area contributed by atoms with Gasteiger partial charge in [0.2, 0.25) is 11.8 Å². The van der Waals surface area contributed by atoms with Crippen LogP contribution in [-0.4, -0.2) is 27.1 Å². The maximum Gasteiger partial charge on any atom is 0.347 e. The molecule has 7 nitrogen and oxygen atoms in total. The minimum Gasteiger partial charge on any atom is -0.477 e. The molecule has 0 fully saturated rings. The van der Waals surface area contributed by atoms with Gasteiger partial charge in [0.25, 0.3) is 0 Å². The van der Waals surface area contributed by atoms with E-state index >= 15 is 0 Å². The first-order chi connectivity index (χ1) is 9.49. The van der Waals surface area contributed by atoms with Crippen LogP contribution < -0.4 is 5.32 Å². The van der Waals surface area contributed by atoms with Crippen LogP contribution in [0.15, 0.2) is 10.6 Å². The summed E-state index contributed by atoms with van der Waals surface area (Å²) >= 11 is 1.09. The Morgan fingerprint density at radius 3 is 2.80 bits per heavy atom. The molecule has 0 spiro atoms. The van der Waals surface area contributed by atoms with Gasteiger partial charge in [0, 0.05) is 6.07 Å². The van der Waals surface area contributed by atoms with E-state index in [0.29, 0.717) is 17.1 Å². The summed E-state index contributed by atoms with van der Waals surface area (Å²) in [5.74, 6) is -1.23. The first-order valence-corrected chi connectivity index (χ1v) is 6.76. The fourth-order valence-electron chi connectivity index (χ4n) is 1.60. The number of nitrogens with one attached hydrogen (secondary N) is 1. The third-order valence-electron chi connectivity index (χ3n) is 2.46. The number of hydrogen-bond acceptors (Lipinski definition) is 6. The summed E-state index contributed by atoms with van der Waals surface area (Å²) in [6, 6.07) is 1.58. The zero-order valence-electron chi connectivity index (χ0n) is 11.0. The van der Waals surface area contributed by atoms with E-state index in [1.54, 1.807) is 13.0 Å². The molecule has 0 bridgehead atoms. The van der Waals surface area contributed by atoms with Gasteiger partial charge in [-0.2, -0.15) is 0 Å². The topological polar surface area (TPSA) is 105 Å². The van der Waals surface area contributed by atoms with Gasteiger partial charge in [0.05, 0.1) is 22.8 Å². The van der Waals surface area contributed by atoms with Gasteiger partial charge in [-0.15, -0.1) is 11.3 Å². The van der Waals surface area contributed by atoms with Crippen molar-refractivity contribution in [3.8, 4) is 0 Å². The molecule has 0 radical (unpaired) electrons. The highest BCUT2D eigenvalue weighted by molar-refractivity contribution is 7.13. The molecular formula is C12H13N3O4S. The second kappa shape index (κ2) is 5.83. The van der Waals surface area contributed by atoms with Gasteiger partial charge in [-0.05, 0) is 13.3 Å². The molecule has 0 aliphatic rings. The van der Waals surface area contributed by atoms with Crippen molar-refractivity contribution in [3.63, 3.8) is 0 Å². The molecule has 8 heteroatoms. The van der Waals surface area contributed by atoms with Crippen LogP contribution in [0.5, 0.6) is 0 Å². The third-order valence-corrected chi connectivity index (χ3v) is 3.69. The maximum absolute atomic E-state index is 11.8. The van der Waals surface area contributed by atoms with Crippen LogP contribution in [0, 0.1) is 6.92 Å². The average molecular weight is 295 g/mol. The van der Waals surface area contributed by atoms with Crippen molar-refractivity contribution < 1.29 is 19.2 Å². The van der Waals surface area contributed by atoms with E-state index in [1.807, 2.05) is 6.92 Å². The molecule has 0 aromatic carbocycles. The van der Waals surface area contributed by atoms with Gasteiger partial charge >= 0.3 is 5.97 Å². The number of rotatable bonds is 5. The standard InChI is InChI=1S/C12H13N3O4S/c1-3-10-13-7(11(20-10)12(17)18)5-8(16)14-9-4-6(2)15-19-9/h4H,3,5H2,1-2H3,(H,14,16)(H,17,18). The van der Waals surface area contributed by atoms with Gasteiger partial charge in [0.15, 0.2) is 0 Å². The number of carboxylic acid groups (broad SMARTS) is 1. The molecule has 0 unspecified atom stereocenters. The Morgan fingerprint density at radius 1 is 1.50 bits per heavy atom. The molecule has 2 N–H and O–H groups in total. The molecule has 1 amide bonds. The third kappa shape index (κ3) is 3.21. The van der Waals surface area contributed by atoms with Crippen molar-refractivity contribution in [1.29, 1.82) is 0 Å². The number of carbonyl (C=O) groups is 2. The van der Waals surface area contributed by atoms with Gasteiger partial charge in [0.1, 0.15) is 4.88 Å². The lowest BCUT2D eigenvalue weighted by Gasteiger charge is -1.99. The van der Waals surface area contributed by atoms with E-state index in [2.05, 4.69) is 15.5 Å². The number of thiazole rings is 1. The van der Waals surface area contributed by atoms with Gasteiger partial charge in [-0.3, -0.25) is 10.1 Å². The van der Waals surface area contributed by atoms with Crippen LogP contribution >= 0.6 is 11.3 Å². The minimum absolute atomic E-state index is 0.103. The molecule has 106 valence electrons. The van der Waals surface area contributed by atoms with Crippen LogP contribution in [-0.2, 0) is 17.6 Å². The van der Waals surface area contributed by atoms with Crippen LogP contribution in [0.3, 0.4) is 0 Å². The van der Waals surface area contributed by atoms with Crippen molar-refractivity contribution in [3.05, 3.63) is 27.3 Å². The number of nitrogens with zero attached hydrogens (tertiary/aromatic N) is 2. The molecule has 0 aliphatic heterocycles. The maximum atomic E-state index is 11.8. The first-order valence-electron chi connectivity index (χ1n) is 5.94. The summed E-state index contributed by atoms with van der Waals surface area (Å²) in [7, 11) is 0. The molecule has 0 aliphatic carbocycles. The summed E-state index contributed by atoms with van der Waals surface area (Å²) in [5.41, 5.74) is 0.918. The van der Waals surface area contributed by atoms with Crippen LogP contribution in [0.2, 0.25) is 0 Å². The van der Waals surface area contributed by atoms with Gasteiger partial charge in [-0.1, -0.05) is 12.1 Å². The summed E-state index contributed by atoms with van der Waals surface area (Å²) in [5, 5.41) is 15.9. The van der Waals surface area contributed by atoms with E-state index in [4.69, 9.17) is 9.63 Å². The van der Waals surface area contributed by atoms with Crippen molar-refractivity contribution in [1.82, 2.24) is 10.1 Å². The summed E-state index contributed by atoms with van der Waals surface area (Å²) in [4.78, 5) is 27.2. The molecule has 2 aromatic rings. The first kappa shape index (κ1) is 14.2. The Labute approximate surface area is 118 Å². The Hall–Kier alpha value is -2.22. The SMILES string of the molecule is CCc1nc(CC(=O)Nc2cc(C)no2)c(C(=O)O)s1. The van der Waals surface area contributed by atoms with Crippen molar-refractivity contribution in [2.24, 2.45) is 0 Å². The number of hydrogen-bond donors (Lipinski definition) is 2. The fourth-order valence-corrected chi connectivity index (χ4v) is 2.45.